The lowest BCUT2D eigenvalue weighted by Gasteiger charge is -2.23. The quantitative estimate of drug-likeness (QED) is 0.376. The Balaban J connectivity index is 4.19. The summed E-state index contributed by atoms with van der Waals surface area (Å²) in [6, 6.07) is -1.46. The first-order valence-corrected chi connectivity index (χ1v) is 6.77. The molecular weight excluding hydrogens is 264 g/mol. The highest BCUT2D eigenvalue weighted by Crippen LogP contribution is 2.03. The number of carbonyl (C=O) groups is 2. The van der Waals surface area contributed by atoms with Crippen molar-refractivity contribution in [3.05, 3.63) is 0 Å². The molecule has 0 aliphatic carbocycles. The highest BCUT2D eigenvalue weighted by atomic mass is 16.4. The van der Waals surface area contributed by atoms with Crippen LogP contribution in [-0.4, -0.2) is 58.5 Å². The van der Waals surface area contributed by atoms with Gasteiger partial charge < -0.3 is 26.0 Å². The van der Waals surface area contributed by atoms with Gasteiger partial charge in [0.05, 0.1) is 6.10 Å². The molecule has 0 aromatic heterocycles. The van der Waals surface area contributed by atoms with Crippen LogP contribution in [0.25, 0.3) is 0 Å². The van der Waals surface area contributed by atoms with Crippen molar-refractivity contribution < 1.29 is 24.9 Å². The summed E-state index contributed by atoms with van der Waals surface area (Å²) in [4.78, 5) is 21.9. The van der Waals surface area contributed by atoms with Crippen molar-refractivity contribution >= 4 is 11.9 Å². The van der Waals surface area contributed by atoms with Crippen molar-refractivity contribution in [1.29, 1.82) is 0 Å². The van der Waals surface area contributed by atoms with E-state index in [1.165, 1.54) is 0 Å². The molecule has 0 bridgehead atoms. The summed E-state index contributed by atoms with van der Waals surface area (Å²) in [6.07, 6.45) is -0.851. The fourth-order valence-corrected chi connectivity index (χ4v) is 1.81. The van der Waals surface area contributed by atoms with E-state index >= 15 is 0 Å². The van der Waals surface area contributed by atoms with Gasteiger partial charge in [0.25, 0.3) is 0 Å². The maximum atomic E-state index is 11.0. The molecule has 0 spiro atoms. The van der Waals surface area contributed by atoms with E-state index in [1.54, 1.807) is 27.7 Å². The van der Waals surface area contributed by atoms with E-state index in [4.69, 9.17) is 10.2 Å². The minimum Gasteiger partial charge on any atom is -0.480 e. The van der Waals surface area contributed by atoms with Crippen LogP contribution in [0.4, 0.5) is 0 Å². The number of carboxylic acid groups (broad SMARTS) is 2. The summed E-state index contributed by atoms with van der Waals surface area (Å²) >= 11 is 0. The lowest BCUT2D eigenvalue weighted by atomic mass is 10.0. The van der Waals surface area contributed by atoms with Gasteiger partial charge in [-0.3, -0.25) is 9.59 Å². The molecule has 0 unspecified atom stereocenters. The Morgan fingerprint density at radius 2 is 1.15 bits per heavy atom. The van der Waals surface area contributed by atoms with E-state index in [2.05, 4.69) is 10.6 Å². The van der Waals surface area contributed by atoms with Gasteiger partial charge in [0.15, 0.2) is 0 Å². The van der Waals surface area contributed by atoms with Gasteiger partial charge in [-0.15, -0.1) is 0 Å². The third-order valence-electron chi connectivity index (χ3n) is 3.01. The minimum atomic E-state index is -0.967. The molecule has 20 heavy (non-hydrogen) atoms. The molecule has 0 radical (unpaired) electrons. The number of nitrogens with one attached hydrogen (secondary N) is 2. The molecule has 0 fully saturated rings. The molecule has 0 amide bonds. The Hall–Kier alpha value is -1.18. The summed E-state index contributed by atoms with van der Waals surface area (Å²) in [5, 5.41) is 33.3. The zero-order valence-electron chi connectivity index (χ0n) is 12.5. The molecule has 2 atom stereocenters. The van der Waals surface area contributed by atoms with Gasteiger partial charge in [-0.1, -0.05) is 27.7 Å². The maximum Gasteiger partial charge on any atom is 0.320 e. The van der Waals surface area contributed by atoms with E-state index < -0.39 is 30.1 Å². The number of aliphatic hydroxyl groups is 1. The Bertz CT molecular complexity index is 290. The molecule has 0 rings (SSSR count). The van der Waals surface area contributed by atoms with Gasteiger partial charge in [0.1, 0.15) is 12.1 Å². The number of rotatable bonds is 10. The predicted octanol–water partition coefficient (Wildman–Crippen LogP) is -0.255. The summed E-state index contributed by atoms with van der Waals surface area (Å²) in [5.41, 5.74) is 0. The zero-order valence-corrected chi connectivity index (χ0v) is 12.5. The molecule has 0 aromatic carbocycles. The molecule has 0 heterocycles. The largest absolute Gasteiger partial charge is 0.480 e. The molecule has 118 valence electrons. The van der Waals surface area contributed by atoms with E-state index in [1.807, 2.05) is 0 Å². The van der Waals surface area contributed by atoms with Crippen LogP contribution in [0.5, 0.6) is 0 Å². The molecule has 0 saturated heterocycles. The average Bonchev–Trinajstić information content (AvgIpc) is 2.27. The number of hydrogen-bond donors (Lipinski definition) is 5. The Labute approximate surface area is 119 Å². The first kappa shape index (κ1) is 18.8. The second-order valence-electron chi connectivity index (χ2n) is 5.59. The highest BCUT2D eigenvalue weighted by Gasteiger charge is 2.24. The predicted molar refractivity (Wildman–Crippen MR) is 74.5 cm³/mol. The third-order valence-corrected chi connectivity index (χ3v) is 3.01. The lowest BCUT2D eigenvalue weighted by molar-refractivity contribution is -0.141. The van der Waals surface area contributed by atoms with Crippen molar-refractivity contribution in [3.8, 4) is 0 Å². The molecule has 7 nitrogen and oxygen atoms in total. The second-order valence-corrected chi connectivity index (χ2v) is 5.59. The fraction of sp³-hybridized carbons (Fsp3) is 0.846. The topological polar surface area (TPSA) is 119 Å². The van der Waals surface area contributed by atoms with Crippen LogP contribution in [0.2, 0.25) is 0 Å². The van der Waals surface area contributed by atoms with Crippen LogP contribution in [0.3, 0.4) is 0 Å². The number of carboxylic acids is 2. The monoisotopic (exact) mass is 290 g/mol. The Kier molecular flexibility index (Phi) is 8.36. The number of hydrogen-bond acceptors (Lipinski definition) is 5. The van der Waals surface area contributed by atoms with Gasteiger partial charge in [-0.25, -0.2) is 0 Å². The molecule has 7 heteroatoms. The fourth-order valence-electron chi connectivity index (χ4n) is 1.81. The van der Waals surface area contributed by atoms with Crippen LogP contribution in [-0.2, 0) is 9.59 Å². The van der Waals surface area contributed by atoms with Gasteiger partial charge in [0.2, 0.25) is 0 Å². The molecule has 0 aliphatic rings. The maximum absolute atomic E-state index is 11.0. The van der Waals surface area contributed by atoms with Crippen molar-refractivity contribution in [1.82, 2.24) is 10.6 Å². The zero-order chi connectivity index (χ0) is 15.9. The van der Waals surface area contributed by atoms with E-state index in [0.717, 1.165) is 0 Å². The van der Waals surface area contributed by atoms with Crippen LogP contribution in [0.15, 0.2) is 0 Å². The van der Waals surface area contributed by atoms with Crippen LogP contribution in [0.1, 0.15) is 27.7 Å². The molecule has 5 N–H and O–H groups in total. The van der Waals surface area contributed by atoms with Crippen LogP contribution in [0, 0.1) is 11.8 Å². The summed E-state index contributed by atoms with van der Waals surface area (Å²) in [7, 11) is 0. The molecule has 0 aliphatic heterocycles. The first-order chi connectivity index (χ1) is 9.16. The van der Waals surface area contributed by atoms with Crippen LogP contribution >= 0.6 is 0 Å². The second kappa shape index (κ2) is 8.89. The standard InChI is InChI=1S/C13H26N2O5/c1-7(2)10(12(17)18)14-5-9(16)6-15-11(8(3)4)13(19)20/h7-11,14-16H,5-6H2,1-4H3,(H,17,18)(H,19,20)/t10-,11-/m0/s1. The number of aliphatic carboxylic acids is 2. The van der Waals surface area contributed by atoms with Crippen LogP contribution < -0.4 is 10.6 Å². The number of aliphatic hydroxyl groups excluding tert-OH is 1. The molecular formula is C13H26N2O5. The van der Waals surface area contributed by atoms with Gasteiger partial charge >= 0.3 is 11.9 Å². The van der Waals surface area contributed by atoms with Crippen molar-refractivity contribution in [2.45, 2.75) is 45.9 Å². The van der Waals surface area contributed by atoms with E-state index in [0.29, 0.717) is 0 Å². The summed E-state index contributed by atoms with van der Waals surface area (Å²) in [6.45, 7) is 7.27. The van der Waals surface area contributed by atoms with Crippen molar-refractivity contribution in [2.24, 2.45) is 11.8 Å². The first-order valence-electron chi connectivity index (χ1n) is 6.77. The summed E-state index contributed by atoms with van der Waals surface area (Å²) < 4.78 is 0. The van der Waals surface area contributed by atoms with E-state index in [9.17, 15) is 14.7 Å². The van der Waals surface area contributed by atoms with Gasteiger partial charge in [-0.05, 0) is 11.8 Å². The van der Waals surface area contributed by atoms with Crippen molar-refractivity contribution in [2.75, 3.05) is 13.1 Å². The lowest BCUT2D eigenvalue weighted by Crippen LogP contribution is -2.49. The van der Waals surface area contributed by atoms with Gasteiger partial charge in [-0.2, -0.15) is 0 Å². The van der Waals surface area contributed by atoms with Crippen molar-refractivity contribution in [3.63, 3.8) is 0 Å². The molecule has 0 aromatic rings. The Morgan fingerprint density at radius 1 is 0.850 bits per heavy atom. The minimum absolute atomic E-state index is 0.0899. The third kappa shape index (κ3) is 6.83. The Morgan fingerprint density at radius 3 is 1.35 bits per heavy atom. The highest BCUT2D eigenvalue weighted by molar-refractivity contribution is 5.74. The normalized spacial score (nSPS) is 14.8. The summed E-state index contributed by atoms with van der Waals surface area (Å²) in [5.74, 6) is -2.14. The molecule has 0 saturated carbocycles. The van der Waals surface area contributed by atoms with Gasteiger partial charge in [0, 0.05) is 13.1 Å². The SMILES string of the molecule is CC(C)[C@H](NCC(O)CN[C@H](C(=O)O)C(C)C)C(=O)O. The average molecular weight is 290 g/mol. The van der Waals surface area contributed by atoms with E-state index in [-0.39, 0.29) is 24.9 Å². The smallest absolute Gasteiger partial charge is 0.320 e.